The Morgan fingerprint density at radius 3 is 2.22 bits per heavy atom. The summed E-state index contributed by atoms with van der Waals surface area (Å²) in [5.41, 5.74) is -1.12. The minimum atomic E-state index is -2.89. The molecule has 0 bridgehead atoms. The molecule has 0 spiro atoms. The van der Waals surface area contributed by atoms with E-state index in [9.17, 15) is 17.6 Å². The number of nitrogens with zero attached hydrogens (tertiary/aromatic N) is 4. The second-order valence-electron chi connectivity index (χ2n) is 6.05. The molecule has 27 heavy (non-hydrogen) atoms. The highest BCUT2D eigenvalue weighted by Crippen LogP contribution is 2.46. The summed E-state index contributed by atoms with van der Waals surface area (Å²) in [6.45, 7) is 0. The molecule has 1 aromatic carbocycles. The van der Waals surface area contributed by atoms with E-state index in [4.69, 9.17) is 9.15 Å². The Kier molecular flexibility index (Phi) is 4.25. The number of alkyl halides is 2. The minimum absolute atomic E-state index is 0.102. The van der Waals surface area contributed by atoms with E-state index in [1.807, 2.05) is 0 Å². The first kappa shape index (κ1) is 17.4. The number of halogens is 4. The Hall–Kier alpha value is -3.04. The van der Waals surface area contributed by atoms with Crippen LogP contribution in [0, 0.1) is 11.6 Å². The number of benzene rings is 1. The average Bonchev–Trinajstić information content (AvgIpc) is 3.10. The Labute approximate surface area is 150 Å². The second kappa shape index (κ2) is 6.60. The smallest absolute Gasteiger partial charge is 0.317 e. The van der Waals surface area contributed by atoms with E-state index in [-0.39, 0.29) is 23.0 Å². The fraction of sp³-hybridized carbons (Fsp3) is 0.294. The van der Waals surface area contributed by atoms with Crippen molar-refractivity contribution in [3.8, 4) is 17.5 Å². The van der Waals surface area contributed by atoms with E-state index in [1.54, 1.807) is 0 Å². The van der Waals surface area contributed by atoms with Crippen LogP contribution in [0.3, 0.4) is 0 Å². The molecule has 1 saturated carbocycles. The highest BCUT2D eigenvalue weighted by atomic mass is 19.3. The lowest BCUT2D eigenvalue weighted by molar-refractivity contribution is -0.0262. The Morgan fingerprint density at radius 2 is 1.70 bits per heavy atom. The SMILES string of the molecule is Fc1cccc(F)c1C1(Oc2ncc(-c3nnc(C(F)F)o3)cn2)CCC1. The predicted octanol–water partition coefficient (Wildman–Crippen LogP) is 4.20. The highest BCUT2D eigenvalue weighted by Gasteiger charge is 2.45. The van der Waals surface area contributed by atoms with Gasteiger partial charge in [-0.15, -0.1) is 10.2 Å². The van der Waals surface area contributed by atoms with Gasteiger partial charge >= 0.3 is 12.4 Å². The zero-order valence-electron chi connectivity index (χ0n) is 13.7. The van der Waals surface area contributed by atoms with Gasteiger partial charge in [0.1, 0.15) is 17.2 Å². The van der Waals surface area contributed by atoms with Crippen LogP contribution in [0.2, 0.25) is 0 Å². The van der Waals surface area contributed by atoms with Crippen LogP contribution in [-0.4, -0.2) is 20.2 Å². The molecule has 0 unspecified atom stereocenters. The summed E-state index contributed by atoms with van der Waals surface area (Å²) in [4.78, 5) is 7.93. The summed E-state index contributed by atoms with van der Waals surface area (Å²) in [6.07, 6.45) is 1.17. The van der Waals surface area contributed by atoms with Crippen molar-refractivity contribution in [2.75, 3.05) is 0 Å². The van der Waals surface area contributed by atoms with Gasteiger partial charge in [0.05, 0.1) is 11.1 Å². The average molecular weight is 380 g/mol. The van der Waals surface area contributed by atoms with E-state index in [0.717, 1.165) is 6.42 Å². The summed E-state index contributed by atoms with van der Waals surface area (Å²) < 4.78 is 63.9. The molecular formula is C17H12F4N4O2. The van der Waals surface area contributed by atoms with Gasteiger partial charge in [-0.3, -0.25) is 0 Å². The lowest BCUT2D eigenvalue weighted by Crippen LogP contribution is -2.42. The van der Waals surface area contributed by atoms with Gasteiger partial charge < -0.3 is 9.15 Å². The van der Waals surface area contributed by atoms with Crippen LogP contribution in [-0.2, 0) is 5.60 Å². The monoisotopic (exact) mass is 380 g/mol. The van der Waals surface area contributed by atoms with E-state index in [2.05, 4.69) is 20.2 Å². The topological polar surface area (TPSA) is 73.9 Å². The molecule has 1 aliphatic carbocycles. The maximum absolute atomic E-state index is 14.2. The van der Waals surface area contributed by atoms with Crippen LogP contribution >= 0.6 is 0 Å². The maximum atomic E-state index is 14.2. The third kappa shape index (κ3) is 3.11. The quantitative estimate of drug-likeness (QED) is 0.618. The molecule has 6 nitrogen and oxygen atoms in total. The van der Waals surface area contributed by atoms with E-state index in [1.165, 1.54) is 30.6 Å². The first-order valence-corrected chi connectivity index (χ1v) is 8.06. The first-order chi connectivity index (χ1) is 13.0. The van der Waals surface area contributed by atoms with Crippen LogP contribution in [0.5, 0.6) is 6.01 Å². The Balaban J connectivity index is 1.59. The zero-order chi connectivity index (χ0) is 19.0. The van der Waals surface area contributed by atoms with E-state index in [0.29, 0.717) is 12.8 Å². The molecule has 0 amide bonds. The third-order valence-corrected chi connectivity index (χ3v) is 4.37. The third-order valence-electron chi connectivity index (χ3n) is 4.37. The van der Waals surface area contributed by atoms with Crippen LogP contribution in [0.4, 0.5) is 17.6 Å². The number of hydrogen-bond acceptors (Lipinski definition) is 6. The summed E-state index contributed by atoms with van der Waals surface area (Å²) in [7, 11) is 0. The van der Waals surface area contributed by atoms with Crippen molar-refractivity contribution >= 4 is 0 Å². The summed E-state index contributed by atoms with van der Waals surface area (Å²) >= 11 is 0. The molecule has 0 saturated heterocycles. The second-order valence-corrected chi connectivity index (χ2v) is 6.05. The van der Waals surface area contributed by atoms with Crippen molar-refractivity contribution in [1.82, 2.24) is 20.2 Å². The van der Waals surface area contributed by atoms with Gasteiger partial charge in [-0.1, -0.05) is 6.07 Å². The molecule has 10 heteroatoms. The first-order valence-electron chi connectivity index (χ1n) is 8.06. The minimum Gasteiger partial charge on any atom is -0.452 e. The van der Waals surface area contributed by atoms with Gasteiger partial charge in [-0.25, -0.2) is 18.7 Å². The number of rotatable bonds is 5. The van der Waals surface area contributed by atoms with Crippen LogP contribution in [0.1, 0.15) is 37.1 Å². The van der Waals surface area contributed by atoms with Gasteiger partial charge in [0.15, 0.2) is 0 Å². The van der Waals surface area contributed by atoms with Crippen LogP contribution in [0.15, 0.2) is 35.0 Å². The molecule has 4 rings (SSSR count). The summed E-state index contributed by atoms with van der Waals surface area (Å²) in [5, 5.41) is 6.71. The summed E-state index contributed by atoms with van der Waals surface area (Å²) in [6, 6.07) is 3.52. The molecule has 3 aromatic rings. The Bertz CT molecular complexity index is 938. The molecule has 0 radical (unpaired) electrons. The van der Waals surface area contributed by atoms with Gasteiger partial charge in [-0.05, 0) is 31.4 Å². The highest BCUT2D eigenvalue weighted by molar-refractivity contribution is 5.49. The van der Waals surface area contributed by atoms with Crippen molar-refractivity contribution in [1.29, 1.82) is 0 Å². The molecule has 0 N–H and O–H groups in total. The molecule has 0 atom stereocenters. The number of hydrogen-bond donors (Lipinski definition) is 0. The zero-order valence-corrected chi connectivity index (χ0v) is 13.7. The summed E-state index contributed by atoms with van der Waals surface area (Å²) in [5.74, 6) is -2.38. The largest absolute Gasteiger partial charge is 0.452 e. The van der Waals surface area contributed by atoms with Crippen LogP contribution in [0.25, 0.3) is 11.5 Å². The molecule has 2 aromatic heterocycles. The number of aromatic nitrogens is 4. The fourth-order valence-electron chi connectivity index (χ4n) is 2.93. The van der Waals surface area contributed by atoms with Gasteiger partial charge in [-0.2, -0.15) is 8.78 Å². The lowest BCUT2D eigenvalue weighted by Gasteiger charge is -2.41. The van der Waals surface area contributed by atoms with Crippen molar-refractivity contribution in [3.63, 3.8) is 0 Å². The van der Waals surface area contributed by atoms with Crippen molar-refractivity contribution in [3.05, 3.63) is 53.7 Å². The molecule has 140 valence electrons. The molecule has 1 aliphatic rings. The molecule has 0 aliphatic heterocycles. The van der Waals surface area contributed by atoms with E-state index < -0.39 is 29.6 Å². The van der Waals surface area contributed by atoms with Crippen LogP contribution < -0.4 is 4.74 Å². The van der Waals surface area contributed by atoms with Gasteiger partial charge in [0, 0.05) is 12.4 Å². The molecule has 2 heterocycles. The van der Waals surface area contributed by atoms with Gasteiger partial charge in [0.25, 0.3) is 11.8 Å². The lowest BCUT2D eigenvalue weighted by atomic mass is 9.74. The standard InChI is InChI=1S/C17H12F4N4O2/c18-10-3-1-4-11(19)12(10)17(5-2-6-17)27-16-22-7-9(8-23-16)14-24-25-15(26-14)13(20)21/h1,3-4,7-8,13H,2,5-6H2. The van der Waals surface area contributed by atoms with Gasteiger partial charge in [0.2, 0.25) is 0 Å². The van der Waals surface area contributed by atoms with E-state index >= 15 is 0 Å². The number of ether oxygens (including phenoxy) is 1. The molecule has 1 fully saturated rings. The maximum Gasteiger partial charge on any atom is 0.317 e. The normalized spacial score (nSPS) is 15.6. The fourth-order valence-corrected chi connectivity index (χ4v) is 2.93. The van der Waals surface area contributed by atoms with Crippen molar-refractivity contribution in [2.24, 2.45) is 0 Å². The van der Waals surface area contributed by atoms with Crippen molar-refractivity contribution < 1.29 is 26.7 Å². The Morgan fingerprint density at radius 1 is 1.04 bits per heavy atom. The molecular weight excluding hydrogens is 368 g/mol. The van der Waals surface area contributed by atoms with Crippen molar-refractivity contribution in [2.45, 2.75) is 31.3 Å². The predicted molar refractivity (Wildman–Crippen MR) is 82.8 cm³/mol.